The van der Waals surface area contributed by atoms with E-state index in [1.165, 1.54) is 0 Å². The Balaban J connectivity index is 2.68. The molecular formula is C14H16BrF2N3O6S. The van der Waals surface area contributed by atoms with Gasteiger partial charge in [0.25, 0.3) is 5.91 Å². The van der Waals surface area contributed by atoms with Crippen LogP contribution in [0.15, 0.2) is 21.5 Å². The largest absolute Gasteiger partial charge is 0.452 e. The van der Waals surface area contributed by atoms with Crippen LogP contribution in [0.5, 0.6) is 0 Å². The van der Waals surface area contributed by atoms with E-state index in [-0.39, 0.29) is 11.0 Å². The Hall–Kier alpha value is -2.12. The summed E-state index contributed by atoms with van der Waals surface area (Å²) in [7, 11) is -4.52. The van der Waals surface area contributed by atoms with E-state index in [0.29, 0.717) is 6.07 Å². The highest BCUT2D eigenvalue weighted by molar-refractivity contribution is 9.10. The first-order chi connectivity index (χ1) is 12.5. The highest BCUT2D eigenvalue weighted by Crippen LogP contribution is 2.25. The summed E-state index contributed by atoms with van der Waals surface area (Å²) < 4.78 is 57.0. The molecule has 1 aromatic rings. The van der Waals surface area contributed by atoms with Crippen molar-refractivity contribution in [1.82, 2.24) is 15.4 Å². The number of imide groups is 1. The quantitative estimate of drug-likeness (QED) is 0.503. The number of halogens is 3. The van der Waals surface area contributed by atoms with Crippen LogP contribution >= 0.6 is 15.9 Å². The maximum atomic E-state index is 13.7. The van der Waals surface area contributed by atoms with E-state index >= 15 is 0 Å². The van der Waals surface area contributed by atoms with Gasteiger partial charge in [-0.15, -0.1) is 0 Å². The van der Waals surface area contributed by atoms with Crippen molar-refractivity contribution < 1.29 is 36.3 Å². The van der Waals surface area contributed by atoms with Gasteiger partial charge in [0.15, 0.2) is 6.10 Å². The molecule has 0 spiro atoms. The van der Waals surface area contributed by atoms with Gasteiger partial charge in [0.2, 0.25) is 10.0 Å². The van der Waals surface area contributed by atoms with Crippen LogP contribution in [0.25, 0.3) is 0 Å². The predicted molar refractivity (Wildman–Crippen MR) is 92.0 cm³/mol. The number of rotatable bonds is 7. The van der Waals surface area contributed by atoms with Gasteiger partial charge in [-0.2, -0.15) is 4.72 Å². The number of sulfonamides is 1. The average Bonchev–Trinajstić information content (AvgIpc) is 2.51. The molecular weight excluding hydrogens is 456 g/mol. The number of hydrogen-bond donors (Lipinski definition) is 3. The van der Waals surface area contributed by atoms with Crippen molar-refractivity contribution in [2.24, 2.45) is 0 Å². The molecule has 3 amide bonds. The summed E-state index contributed by atoms with van der Waals surface area (Å²) in [6.45, 7) is 2.13. The number of benzene rings is 1. The molecule has 0 saturated carbocycles. The molecule has 0 aliphatic carbocycles. The fourth-order valence-corrected chi connectivity index (χ4v) is 3.85. The minimum absolute atomic E-state index is 0.268. The number of esters is 1. The predicted octanol–water partition coefficient (Wildman–Crippen LogP) is 0.783. The number of urea groups is 1. The monoisotopic (exact) mass is 471 g/mol. The number of ether oxygens (including phenoxy) is 1. The van der Waals surface area contributed by atoms with E-state index < -0.39 is 57.1 Å². The zero-order valence-electron chi connectivity index (χ0n) is 14.1. The normalized spacial score (nSPS) is 12.2. The molecule has 1 atom stereocenters. The Morgan fingerprint density at radius 1 is 1.26 bits per heavy atom. The van der Waals surface area contributed by atoms with Crippen molar-refractivity contribution in [3.8, 4) is 0 Å². The maximum Gasteiger partial charge on any atom is 0.321 e. The summed E-state index contributed by atoms with van der Waals surface area (Å²) >= 11 is 2.73. The first kappa shape index (κ1) is 22.9. The summed E-state index contributed by atoms with van der Waals surface area (Å²) in [5.41, 5.74) is 0. The third-order valence-corrected chi connectivity index (χ3v) is 5.25. The molecule has 1 rings (SSSR count). The molecule has 0 aliphatic rings. The van der Waals surface area contributed by atoms with Crippen LogP contribution in [0.2, 0.25) is 0 Å². The fourth-order valence-electron chi connectivity index (χ4n) is 1.72. The van der Waals surface area contributed by atoms with Crippen molar-refractivity contribution in [3.05, 3.63) is 28.2 Å². The third kappa shape index (κ3) is 6.84. The second-order valence-electron chi connectivity index (χ2n) is 5.00. The van der Waals surface area contributed by atoms with Crippen molar-refractivity contribution in [3.63, 3.8) is 0 Å². The van der Waals surface area contributed by atoms with E-state index in [1.807, 2.05) is 5.32 Å². The minimum atomic E-state index is -4.52. The molecule has 0 saturated heterocycles. The summed E-state index contributed by atoms with van der Waals surface area (Å²) in [6.07, 6.45) is -1.39. The highest BCUT2D eigenvalue weighted by atomic mass is 79.9. The first-order valence-corrected chi connectivity index (χ1v) is 9.68. The van der Waals surface area contributed by atoms with Crippen LogP contribution in [0.1, 0.15) is 13.8 Å². The molecule has 0 aromatic heterocycles. The Morgan fingerprint density at radius 2 is 1.89 bits per heavy atom. The molecule has 13 heteroatoms. The lowest BCUT2D eigenvalue weighted by Crippen LogP contribution is -2.45. The first-order valence-electron chi connectivity index (χ1n) is 7.40. The van der Waals surface area contributed by atoms with Gasteiger partial charge in [-0.05, 0) is 35.8 Å². The van der Waals surface area contributed by atoms with Crippen LogP contribution in [0.3, 0.4) is 0 Å². The number of hydrogen-bond acceptors (Lipinski definition) is 6. The zero-order chi connectivity index (χ0) is 20.8. The molecule has 1 aromatic carbocycles. The molecule has 0 bridgehead atoms. The van der Waals surface area contributed by atoms with Crippen molar-refractivity contribution in [1.29, 1.82) is 0 Å². The molecule has 27 heavy (non-hydrogen) atoms. The Morgan fingerprint density at radius 3 is 2.44 bits per heavy atom. The van der Waals surface area contributed by atoms with Gasteiger partial charge < -0.3 is 10.1 Å². The molecule has 0 aliphatic heterocycles. The van der Waals surface area contributed by atoms with Gasteiger partial charge >= 0.3 is 12.0 Å². The lowest BCUT2D eigenvalue weighted by atomic mass is 10.3. The third-order valence-electron chi connectivity index (χ3n) is 2.89. The van der Waals surface area contributed by atoms with Crippen LogP contribution in [-0.2, 0) is 24.3 Å². The lowest BCUT2D eigenvalue weighted by molar-refractivity contribution is -0.153. The number of carbonyl (C=O) groups excluding carboxylic acids is 3. The van der Waals surface area contributed by atoms with E-state index in [0.717, 1.165) is 13.0 Å². The van der Waals surface area contributed by atoms with Crippen molar-refractivity contribution >= 4 is 43.9 Å². The van der Waals surface area contributed by atoms with Gasteiger partial charge in [-0.1, -0.05) is 0 Å². The molecule has 150 valence electrons. The average molecular weight is 472 g/mol. The Kier molecular flexibility index (Phi) is 8.24. The highest BCUT2D eigenvalue weighted by Gasteiger charge is 2.26. The molecule has 3 N–H and O–H groups in total. The minimum Gasteiger partial charge on any atom is -0.452 e. The summed E-state index contributed by atoms with van der Waals surface area (Å²) in [5.74, 6) is -4.44. The maximum absolute atomic E-state index is 13.7. The van der Waals surface area contributed by atoms with Gasteiger partial charge in [-0.3, -0.25) is 14.9 Å². The molecule has 1 unspecified atom stereocenters. The summed E-state index contributed by atoms with van der Waals surface area (Å²) in [5, 5.41) is 4.20. The van der Waals surface area contributed by atoms with Crippen LogP contribution in [0.4, 0.5) is 13.6 Å². The summed E-state index contributed by atoms with van der Waals surface area (Å²) in [6, 6.07) is 0.317. The number of amides is 3. The molecule has 0 heterocycles. The Labute approximate surface area is 162 Å². The smallest absolute Gasteiger partial charge is 0.321 e. The second kappa shape index (κ2) is 9.71. The SMILES string of the molecule is CCNC(=O)NC(=O)C(C)OC(=O)CNS(=O)(=O)c1c(F)cc(F)cc1Br. The Bertz CT molecular complexity index is 826. The van der Waals surface area contributed by atoms with E-state index in [4.69, 9.17) is 0 Å². The van der Waals surface area contributed by atoms with Gasteiger partial charge in [-0.25, -0.2) is 22.0 Å². The lowest BCUT2D eigenvalue weighted by Gasteiger charge is -2.14. The zero-order valence-corrected chi connectivity index (χ0v) is 16.5. The van der Waals surface area contributed by atoms with Crippen molar-refractivity contribution in [2.45, 2.75) is 24.8 Å². The summed E-state index contributed by atoms with van der Waals surface area (Å²) in [4.78, 5) is 33.6. The standard InChI is InChI=1S/C14H16BrF2N3O6S/c1-3-18-14(23)20-13(22)7(2)26-11(21)6-19-27(24,25)12-9(15)4-8(16)5-10(12)17/h4-5,7,19H,3,6H2,1-2H3,(H2,18,20,22,23). The van der Waals surface area contributed by atoms with Gasteiger partial charge in [0.05, 0.1) is 0 Å². The van der Waals surface area contributed by atoms with Crippen molar-refractivity contribution in [2.75, 3.05) is 13.1 Å². The number of nitrogens with one attached hydrogen (secondary N) is 3. The number of carbonyl (C=O) groups is 3. The van der Waals surface area contributed by atoms with Crippen LogP contribution in [-0.4, -0.2) is 45.5 Å². The van der Waals surface area contributed by atoms with E-state index in [9.17, 15) is 31.6 Å². The molecule has 0 radical (unpaired) electrons. The van der Waals surface area contributed by atoms with Crippen LogP contribution in [0, 0.1) is 11.6 Å². The molecule has 0 fully saturated rings. The molecule has 9 nitrogen and oxygen atoms in total. The van der Waals surface area contributed by atoms with E-state index in [2.05, 4.69) is 26.0 Å². The van der Waals surface area contributed by atoms with Gasteiger partial charge in [0.1, 0.15) is 23.1 Å². The topological polar surface area (TPSA) is 131 Å². The second-order valence-corrected chi connectivity index (χ2v) is 7.56. The fraction of sp³-hybridized carbons (Fsp3) is 0.357. The van der Waals surface area contributed by atoms with E-state index in [1.54, 1.807) is 11.6 Å². The van der Waals surface area contributed by atoms with Crippen LogP contribution < -0.4 is 15.4 Å². The van der Waals surface area contributed by atoms with Gasteiger partial charge in [0, 0.05) is 17.1 Å².